The van der Waals surface area contributed by atoms with Gasteiger partial charge >= 0.3 is 0 Å². The van der Waals surface area contributed by atoms with Crippen molar-refractivity contribution in [2.45, 2.75) is 19.3 Å². The van der Waals surface area contributed by atoms with Crippen LogP contribution in [0.2, 0.25) is 0 Å². The molecule has 3 heteroatoms. The maximum Gasteiger partial charge on any atom is 0.159 e. The van der Waals surface area contributed by atoms with Crippen molar-refractivity contribution in [1.82, 2.24) is 0 Å². The van der Waals surface area contributed by atoms with Gasteiger partial charge < -0.3 is 14.5 Å². The second-order valence-corrected chi connectivity index (χ2v) is 15.7. The fourth-order valence-corrected chi connectivity index (χ4v) is 9.27. The van der Waals surface area contributed by atoms with Gasteiger partial charge in [0.25, 0.3) is 0 Å². The Morgan fingerprint density at radius 3 is 1.72 bits per heavy atom. The van der Waals surface area contributed by atoms with Crippen LogP contribution < -0.4 is 14.5 Å². The molecule has 0 spiro atoms. The second kappa shape index (κ2) is 13.4. The summed E-state index contributed by atoms with van der Waals surface area (Å²) in [5, 5.41) is 2.24. The Hall–Kier alpha value is -7.36. The van der Waals surface area contributed by atoms with Crippen LogP contribution in [-0.4, -0.2) is 0 Å². The van der Waals surface area contributed by atoms with Crippen LogP contribution in [0.4, 0.5) is 34.1 Å². The third-order valence-corrected chi connectivity index (χ3v) is 12.0. The van der Waals surface area contributed by atoms with Gasteiger partial charge in [0.15, 0.2) is 5.75 Å². The SMILES string of the molecule is CC1(C)c2ccccc2-c2c(N(c3ccc(-c4ccccc4)cc3)c3ccc4cccc5c4c3Oc3ccc(N(c4ccccc4)c4ccccc4)cc3-5)cccc21. The lowest BCUT2D eigenvalue weighted by atomic mass is 9.82. The van der Waals surface area contributed by atoms with Crippen molar-refractivity contribution in [3.63, 3.8) is 0 Å². The molecule has 0 fully saturated rings. The molecule has 0 aromatic heterocycles. The molecule has 58 heavy (non-hydrogen) atoms. The van der Waals surface area contributed by atoms with Crippen LogP contribution in [-0.2, 0) is 5.41 Å². The first kappa shape index (κ1) is 33.9. The zero-order valence-corrected chi connectivity index (χ0v) is 32.4. The van der Waals surface area contributed by atoms with Gasteiger partial charge in [-0.15, -0.1) is 0 Å². The smallest absolute Gasteiger partial charge is 0.159 e. The van der Waals surface area contributed by atoms with Crippen molar-refractivity contribution in [2.24, 2.45) is 0 Å². The van der Waals surface area contributed by atoms with Gasteiger partial charge in [-0.3, -0.25) is 0 Å². The topological polar surface area (TPSA) is 15.7 Å². The molecular formula is C55H40N2O. The van der Waals surface area contributed by atoms with Crippen molar-refractivity contribution < 1.29 is 4.74 Å². The van der Waals surface area contributed by atoms with E-state index in [0.29, 0.717) is 0 Å². The number of benzene rings is 9. The highest BCUT2D eigenvalue weighted by Crippen LogP contribution is 2.58. The summed E-state index contributed by atoms with van der Waals surface area (Å²) in [7, 11) is 0. The maximum absolute atomic E-state index is 7.21. The van der Waals surface area contributed by atoms with E-state index in [4.69, 9.17) is 4.74 Å². The number of nitrogens with zero attached hydrogens (tertiary/aromatic N) is 2. The first-order valence-electron chi connectivity index (χ1n) is 20.0. The molecule has 276 valence electrons. The first-order valence-corrected chi connectivity index (χ1v) is 20.0. The summed E-state index contributed by atoms with van der Waals surface area (Å²) < 4.78 is 7.21. The van der Waals surface area contributed by atoms with Gasteiger partial charge in [0.05, 0.1) is 11.4 Å². The predicted octanol–water partition coefficient (Wildman–Crippen LogP) is 15.5. The number of rotatable bonds is 7. The Balaban J connectivity index is 1.12. The minimum absolute atomic E-state index is 0.143. The Bertz CT molecular complexity index is 2950. The summed E-state index contributed by atoms with van der Waals surface area (Å²) in [6.07, 6.45) is 0. The predicted molar refractivity (Wildman–Crippen MR) is 242 cm³/mol. The number of ether oxygens (including phenoxy) is 1. The quantitative estimate of drug-likeness (QED) is 0.162. The fourth-order valence-electron chi connectivity index (χ4n) is 9.27. The molecule has 1 heterocycles. The van der Waals surface area contributed by atoms with Crippen molar-refractivity contribution in [1.29, 1.82) is 0 Å². The molecule has 0 amide bonds. The van der Waals surface area contributed by atoms with Crippen LogP contribution in [0.15, 0.2) is 206 Å². The van der Waals surface area contributed by atoms with Gasteiger partial charge in [-0.25, -0.2) is 0 Å². The van der Waals surface area contributed by atoms with Crippen LogP contribution in [0.3, 0.4) is 0 Å². The Kier molecular flexibility index (Phi) is 7.84. The highest BCUT2D eigenvalue weighted by atomic mass is 16.5. The highest BCUT2D eigenvalue weighted by molar-refractivity contribution is 6.09. The minimum Gasteiger partial charge on any atom is -0.454 e. The van der Waals surface area contributed by atoms with Gasteiger partial charge in [-0.05, 0) is 105 Å². The summed E-state index contributed by atoms with van der Waals surface area (Å²) in [5.74, 6) is 1.69. The lowest BCUT2D eigenvalue weighted by molar-refractivity contribution is 0.488. The lowest BCUT2D eigenvalue weighted by Gasteiger charge is -2.33. The number of hydrogen-bond acceptors (Lipinski definition) is 3. The molecule has 0 N–H and O–H groups in total. The minimum atomic E-state index is -0.143. The van der Waals surface area contributed by atoms with Crippen molar-refractivity contribution >= 4 is 44.9 Å². The molecule has 0 unspecified atom stereocenters. The summed E-state index contributed by atoms with van der Waals surface area (Å²) in [5.41, 5.74) is 16.1. The van der Waals surface area contributed by atoms with Crippen LogP contribution in [0, 0.1) is 0 Å². The zero-order valence-electron chi connectivity index (χ0n) is 32.4. The Morgan fingerprint density at radius 1 is 0.397 bits per heavy atom. The number of anilines is 6. The van der Waals surface area contributed by atoms with Crippen LogP contribution >= 0.6 is 0 Å². The average Bonchev–Trinajstić information content (AvgIpc) is 3.52. The van der Waals surface area contributed by atoms with E-state index in [1.165, 1.54) is 33.4 Å². The van der Waals surface area contributed by atoms with E-state index in [1.54, 1.807) is 0 Å². The average molecular weight is 745 g/mol. The standard InChI is InChI=1S/C55H40N2O/c1-55(2)47-25-13-12-23-45(47)53-48(55)26-15-27-49(53)57(42-31-28-38(29-32-42)37-16-6-3-7-17-37)50-34-30-39-18-14-24-44-46-36-43(33-35-51(46)58-54(50)52(39)44)56(40-19-8-4-9-20-40)41-21-10-5-11-22-41/h3-36H,1-2H3. The molecule has 2 aliphatic rings. The first-order chi connectivity index (χ1) is 28.5. The van der Waals surface area contributed by atoms with E-state index >= 15 is 0 Å². The Labute approximate surface area is 339 Å². The van der Waals surface area contributed by atoms with E-state index in [2.05, 4.69) is 230 Å². The molecule has 0 bridgehead atoms. The number of hydrogen-bond donors (Lipinski definition) is 0. The molecule has 0 atom stereocenters. The molecule has 3 nitrogen and oxygen atoms in total. The molecule has 1 aliphatic carbocycles. The highest BCUT2D eigenvalue weighted by Gasteiger charge is 2.38. The molecule has 9 aromatic carbocycles. The van der Waals surface area contributed by atoms with E-state index in [9.17, 15) is 0 Å². The molecule has 9 aromatic rings. The van der Waals surface area contributed by atoms with Crippen molar-refractivity contribution in [3.05, 3.63) is 217 Å². The fraction of sp³-hybridized carbons (Fsp3) is 0.0545. The summed E-state index contributed by atoms with van der Waals surface area (Å²) in [6.45, 7) is 4.69. The summed E-state index contributed by atoms with van der Waals surface area (Å²) in [6, 6.07) is 74.1. The molecule has 0 radical (unpaired) electrons. The third-order valence-electron chi connectivity index (χ3n) is 12.0. The van der Waals surface area contributed by atoms with Gasteiger partial charge in [0, 0.05) is 44.7 Å². The van der Waals surface area contributed by atoms with Crippen LogP contribution in [0.1, 0.15) is 25.0 Å². The zero-order chi connectivity index (χ0) is 38.8. The van der Waals surface area contributed by atoms with E-state index in [-0.39, 0.29) is 5.41 Å². The van der Waals surface area contributed by atoms with Gasteiger partial charge in [-0.1, -0.05) is 153 Å². The Morgan fingerprint density at radius 2 is 0.983 bits per heavy atom. The molecule has 0 saturated carbocycles. The van der Waals surface area contributed by atoms with Crippen molar-refractivity contribution in [3.8, 4) is 44.9 Å². The van der Waals surface area contributed by atoms with Gasteiger partial charge in [0.1, 0.15) is 5.75 Å². The van der Waals surface area contributed by atoms with E-state index < -0.39 is 0 Å². The van der Waals surface area contributed by atoms with Gasteiger partial charge in [-0.2, -0.15) is 0 Å². The molecule has 11 rings (SSSR count). The summed E-state index contributed by atoms with van der Waals surface area (Å²) >= 11 is 0. The second-order valence-electron chi connectivity index (χ2n) is 15.7. The van der Waals surface area contributed by atoms with Crippen LogP contribution in [0.25, 0.3) is 44.2 Å². The van der Waals surface area contributed by atoms with Gasteiger partial charge in [0.2, 0.25) is 0 Å². The lowest BCUT2D eigenvalue weighted by Crippen LogP contribution is -2.16. The van der Waals surface area contributed by atoms with Crippen LogP contribution in [0.5, 0.6) is 11.5 Å². The maximum atomic E-state index is 7.21. The van der Waals surface area contributed by atoms with E-state index in [0.717, 1.165) is 67.5 Å². The molecule has 1 aliphatic heterocycles. The monoisotopic (exact) mass is 744 g/mol. The van der Waals surface area contributed by atoms with E-state index in [1.807, 2.05) is 0 Å². The number of para-hydroxylation sites is 2. The molecular weight excluding hydrogens is 705 g/mol. The molecule has 0 saturated heterocycles. The normalized spacial score (nSPS) is 12.9. The van der Waals surface area contributed by atoms with Crippen molar-refractivity contribution in [2.75, 3.05) is 9.80 Å². The number of fused-ring (bicyclic) bond motifs is 5. The third kappa shape index (κ3) is 5.35. The largest absolute Gasteiger partial charge is 0.454 e. The summed E-state index contributed by atoms with van der Waals surface area (Å²) in [4.78, 5) is 4.73.